The molecule has 1 aromatic carbocycles. The zero-order valence-electron chi connectivity index (χ0n) is 12.8. The van der Waals surface area contributed by atoms with Gasteiger partial charge in [-0.15, -0.1) is 0 Å². The number of hydrogen-bond donors (Lipinski definition) is 2. The number of nitrogens with one attached hydrogen (secondary N) is 1. The van der Waals surface area contributed by atoms with Crippen LogP contribution in [-0.2, 0) is 6.54 Å². The first-order chi connectivity index (χ1) is 9.69. The van der Waals surface area contributed by atoms with Crippen molar-refractivity contribution < 1.29 is 14.6 Å². The van der Waals surface area contributed by atoms with Crippen LogP contribution < -0.4 is 14.8 Å². The topological polar surface area (TPSA) is 50.7 Å². The standard InChI is InChI=1S/C16H27NO3/c1-4-10-17-12-14-7-6-8-15(19-5-2)16(14)20-11-9-13(3)18/h6-8,13,17-18H,4-5,9-12H2,1-3H3. The van der Waals surface area contributed by atoms with Gasteiger partial charge in [0.2, 0.25) is 0 Å². The number of hydrogen-bond acceptors (Lipinski definition) is 4. The number of rotatable bonds is 10. The Morgan fingerprint density at radius 1 is 1.25 bits per heavy atom. The largest absolute Gasteiger partial charge is 0.490 e. The van der Waals surface area contributed by atoms with E-state index in [1.54, 1.807) is 6.92 Å². The summed E-state index contributed by atoms with van der Waals surface area (Å²) in [6.07, 6.45) is 1.36. The highest BCUT2D eigenvalue weighted by molar-refractivity contribution is 5.46. The molecule has 0 heterocycles. The van der Waals surface area contributed by atoms with E-state index >= 15 is 0 Å². The maximum atomic E-state index is 9.32. The van der Waals surface area contributed by atoms with E-state index < -0.39 is 0 Å². The van der Waals surface area contributed by atoms with E-state index in [1.807, 2.05) is 25.1 Å². The smallest absolute Gasteiger partial charge is 0.165 e. The Balaban J connectivity index is 2.76. The summed E-state index contributed by atoms with van der Waals surface area (Å²) in [4.78, 5) is 0. The Kier molecular flexibility index (Phi) is 8.07. The fraction of sp³-hybridized carbons (Fsp3) is 0.625. The van der Waals surface area contributed by atoms with Crippen LogP contribution in [0.3, 0.4) is 0 Å². The fourth-order valence-electron chi connectivity index (χ4n) is 1.86. The van der Waals surface area contributed by atoms with Gasteiger partial charge in [0.15, 0.2) is 11.5 Å². The fourth-order valence-corrected chi connectivity index (χ4v) is 1.86. The summed E-state index contributed by atoms with van der Waals surface area (Å²) >= 11 is 0. The first-order valence-corrected chi connectivity index (χ1v) is 7.45. The minimum atomic E-state index is -0.351. The second kappa shape index (κ2) is 9.61. The van der Waals surface area contributed by atoms with Crippen LogP contribution >= 0.6 is 0 Å². The molecule has 4 heteroatoms. The van der Waals surface area contributed by atoms with Crippen molar-refractivity contribution in [2.75, 3.05) is 19.8 Å². The minimum absolute atomic E-state index is 0.351. The summed E-state index contributed by atoms with van der Waals surface area (Å²) in [5, 5.41) is 12.7. The maximum Gasteiger partial charge on any atom is 0.165 e. The molecule has 1 rings (SSSR count). The van der Waals surface area contributed by atoms with Crippen molar-refractivity contribution in [3.05, 3.63) is 23.8 Å². The van der Waals surface area contributed by atoms with Gasteiger partial charge < -0.3 is 19.9 Å². The van der Waals surface area contributed by atoms with E-state index in [2.05, 4.69) is 12.2 Å². The minimum Gasteiger partial charge on any atom is -0.490 e. The molecule has 1 aromatic rings. The third-order valence-corrected chi connectivity index (χ3v) is 2.88. The highest BCUT2D eigenvalue weighted by Gasteiger charge is 2.11. The lowest BCUT2D eigenvalue weighted by atomic mass is 10.1. The van der Waals surface area contributed by atoms with Crippen molar-refractivity contribution in [2.24, 2.45) is 0 Å². The quantitative estimate of drug-likeness (QED) is 0.648. The van der Waals surface area contributed by atoms with E-state index in [9.17, 15) is 5.11 Å². The summed E-state index contributed by atoms with van der Waals surface area (Å²) < 4.78 is 11.5. The van der Waals surface area contributed by atoms with Gasteiger partial charge in [-0.3, -0.25) is 0 Å². The van der Waals surface area contributed by atoms with Crippen LogP contribution in [0, 0.1) is 0 Å². The molecule has 0 saturated carbocycles. The molecule has 1 unspecified atom stereocenters. The van der Waals surface area contributed by atoms with Crippen LogP contribution in [0.5, 0.6) is 11.5 Å². The van der Waals surface area contributed by atoms with Crippen molar-refractivity contribution >= 4 is 0 Å². The highest BCUT2D eigenvalue weighted by atomic mass is 16.5. The molecule has 114 valence electrons. The Morgan fingerprint density at radius 3 is 2.70 bits per heavy atom. The van der Waals surface area contributed by atoms with Crippen molar-refractivity contribution in [2.45, 2.75) is 46.3 Å². The number of aliphatic hydroxyl groups excluding tert-OH is 1. The molecule has 0 amide bonds. The normalized spacial score (nSPS) is 12.2. The molecule has 1 atom stereocenters. The van der Waals surface area contributed by atoms with E-state index in [0.717, 1.165) is 36.6 Å². The van der Waals surface area contributed by atoms with Gasteiger partial charge in [0.05, 0.1) is 19.3 Å². The zero-order chi connectivity index (χ0) is 14.8. The second-order valence-corrected chi connectivity index (χ2v) is 4.84. The van der Waals surface area contributed by atoms with Crippen molar-refractivity contribution in [1.29, 1.82) is 0 Å². The highest BCUT2D eigenvalue weighted by Crippen LogP contribution is 2.31. The van der Waals surface area contributed by atoms with Gasteiger partial charge in [0.25, 0.3) is 0 Å². The summed E-state index contributed by atoms with van der Waals surface area (Å²) in [5.74, 6) is 1.56. The van der Waals surface area contributed by atoms with E-state index in [4.69, 9.17) is 9.47 Å². The van der Waals surface area contributed by atoms with Crippen LogP contribution in [0.25, 0.3) is 0 Å². The molecule has 0 aliphatic rings. The summed E-state index contributed by atoms with van der Waals surface area (Å²) in [7, 11) is 0. The number of aliphatic hydroxyl groups is 1. The second-order valence-electron chi connectivity index (χ2n) is 4.84. The average molecular weight is 281 g/mol. The average Bonchev–Trinajstić information content (AvgIpc) is 2.41. The molecular weight excluding hydrogens is 254 g/mol. The maximum absolute atomic E-state index is 9.32. The molecule has 0 spiro atoms. The Hall–Kier alpha value is -1.26. The molecule has 4 nitrogen and oxygen atoms in total. The molecular formula is C16H27NO3. The van der Waals surface area contributed by atoms with Crippen LogP contribution in [-0.4, -0.2) is 31.0 Å². The summed E-state index contributed by atoms with van der Waals surface area (Å²) in [6.45, 7) is 8.71. The van der Waals surface area contributed by atoms with E-state index in [1.165, 1.54) is 0 Å². The zero-order valence-corrected chi connectivity index (χ0v) is 12.8. The molecule has 0 aliphatic heterocycles. The number of benzene rings is 1. The van der Waals surface area contributed by atoms with Gasteiger partial charge in [0, 0.05) is 18.5 Å². The lowest BCUT2D eigenvalue weighted by Crippen LogP contribution is -2.16. The van der Waals surface area contributed by atoms with E-state index in [0.29, 0.717) is 19.6 Å². The van der Waals surface area contributed by atoms with Crippen molar-refractivity contribution in [3.8, 4) is 11.5 Å². The Morgan fingerprint density at radius 2 is 2.05 bits per heavy atom. The van der Waals surface area contributed by atoms with Gasteiger partial charge in [-0.1, -0.05) is 19.1 Å². The molecule has 0 aliphatic carbocycles. The van der Waals surface area contributed by atoms with Gasteiger partial charge in [-0.25, -0.2) is 0 Å². The lowest BCUT2D eigenvalue weighted by molar-refractivity contribution is 0.153. The van der Waals surface area contributed by atoms with Crippen LogP contribution in [0.4, 0.5) is 0 Å². The van der Waals surface area contributed by atoms with Crippen molar-refractivity contribution in [1.82, 2.24) is 5.32 Å². The number of para-hydroxylation sites is 1. The first kappa shape index (κ1) is 16.8. The van der Waals surface area contributed by atoms with Gasteiger partial charge in [0.1, 0.15) is 0 Å². The van der Waals surface area contributed by atoms with Crippen molar-refractivity contribution in [3.63, 3.8) is 0 Å². The lowest BCUT2D eigenvalue weighted by Gasteiger charge is -2.16. The van der Waals surface area contributed by atoms with Gasteiger partial charge in [-0.05, 0) is 32.9 Å². The summed E-state index contributed by atoms with van der Waals surface area (Å²) in [5.41, 5.74) is 1.09. The van der Waals surface area contributed by atoms with Crippen LogP contribution in [0.1, 0.15) is 39.2 Å². The molecule has 2 N–H and O–H groups in total. The van der Waals surface area contributed by atoms with Crippen LogP contribution in [0.15, 0.2) is 18.2 Å². The summed E-state index contributed by atoms with van der Waals surface area (Å²) in [6, 6.07) is 5.95. The molecule has 0 saturated heterocycles. The van der Waals surface area contributed by atoms with E-state index in [-0.39, 0.29) is 6.10 Å². The first-order valence-electron chi connectivity index (χ1n) is 7.45. The Bertz CT molecular complexity index is 380. The van der Waals surface area contributed by atoms with Gasteiger partial charge in [-0.2, -0.15) is 0 Å². The predicted molar refractivity (Wildman–Crippen MR) is 81.4 cm³/mol. The molecule has 0 aromatic heterocycles. The molecule has 0 bridgehead atoms. The monoisotopic (exact) mass is 281 g/mol. The molecule has 20 heavy (non-hydrogen) atoms. The van der Waals surface area contributed by atoms with Crippen LogP contribution in [0.2, 0.25) is 0 Å². The number of ether oxygens (including phenoxy) is 2. The predicted octanol–water partition coefficient (Wildman–Crippen LogP) is 2.73. The Labute approximate surface area is 122 Å². The molecule has 0 radical (unpaired) electrons. The third kappa shape index (κ3) is 5.80. The third-order valence-electron chi connectivity index (χ3n) is 2.88. The van der Waals surface area contributed by atoms with Gasteiger partial charge >= 0.3 is 0 Å². The SMILES string of the molecule is CCCNCc1cccc(OCC)c1OCCC(C)O. The molecule has 0 fully saturated rings.